The highest BCUT2D eigenvalue weighted by molar-refractivity contribution is 6.99. The van der Waals surface area contributed by atoms with E-state index < -0.39 is 8.32 Å². The molecular formula is C26H38O4Si. The van der Waals surface area contributed by atoms with E-state index in [-0.39, 0.29) is 23.4 Å². The second-order valence-corrected chi connectivity index (χ2v) is 13.9. The molecule has 31 heavy (non-hydrogen) atoms. The summed E-state index contributed by atoms with van der Waals surface area (Å²) in [5, 5.41) is 12.4. The van der Waals surface area contributed by atoms with E-state index in [9.17, 15) is 5.11 Å². The predicted molar refractivity (Wildman–Crippen MR) is 129 cm³/mol. The van der Waals surface area contributed by atoms with Gasteiger partial charge in [-0.1, -0.05) is 81.4 Å². The summed E-state index contributed by atoms with van der Waals surface area (Å²) in [6.07, 6.45) is 3.32. The summed E-state index contributed by atoms with van der Waals surface area (Å²) in [6, 6.07) is 21.3. The molecule has 2 aromatic rings. The monoisotopic (exact) mass is 442 g/mol. The van der Waals surface area contributed by atoms with Crippen LogP contribution in [0.2, 0.25) is 5.04 Å². The molecule has 0 heterocycles. The lowest BCUT2D eigenvalue weighted by molar-refractivity contribution is -0.0685. The van der Waals surface area contributed by atoms with Crippen molar-refractivity contribution in [1.82, 2.24) is 0 Å². The van der Waals surface area contributed by atoms with Crippen LogP contribution in [-0.4, -0.2) is 52.1 Å². The smallest absolute Gasteiger partial charge is 0.261 e. The quantitative estimate of drug-likeness (QED) is 0.599. The van der Waals surface area contributed by atoms with E-state index in [2.05, 4.69) is 81.4 Å². The minimum atomic E-state index is -2.58. The highest BCUT2D eigenvalue weighted by Gasteiger charge is 2.50. The molecule has 5 heteroatoms. The van der Waals surface area contributed by atoms with Crippen LogP contribution in [0.1, 0.15) is 46.5 Å². The maximum absolute atomic E-state index is 9.92. The van der Waals surface area contributed by atoms with E-state index in [4.69, 9.17) is 13.9 Å². The second-order valence-electron chi connectivity index (χ2n) is 9.61. The zero-order chi connectivity index (χ0) is 22.3. The normalized spacial score (nSPS) is 21.1. The predicted octanol–water partition coefficient (Wildman–Crippen LogP) is 3.90. The van der Waals surface area contributed by atoms with Gasteiger partial charge in [0.25, 0.3) is 8.32 Å². The number of rotatable bonds is 9. The van der Waals surface area contributed by atoms with Crippen LogP contribution in [0, 0.1) is 0 Å². The Bertz CT molecular complexity index is 735. The summed E-state index contributed by atoms with van der Waals surface area (Å²) in [5.41, 5.74) is 0. The Morgan fingerprint density at radius 1 is 0.935 bits per heavy atom. The Labute approximate surface area is 188 Å². The van der Waals surface area contributed by atoms with Gasteiger partial charge in [0.05, 0.1) is 25.4 Å². The first-order valence-corrected chi connectivity index (χ1v) is 13.3. The molecule has 3 rings (SSSR count). The van der Waals surface area contributed by atoms with Crippen LogP contribution < -0.4 is 10.4 Å². The molecular weight excluding hydrogens is 404 g/mol. The van der Waals surface area contributed by atoms with Crippen LogP contribution in [0.25, 0.3) is 0 Å². The number of aliphatic hydroxyl groups is 1. The molecule has 1 N–H and O–H groups in total. The van der Waals surface area contributed by atoms with Gasteiger partial charge in [0.2, 0.25) is 0 Å². The van der Waals surface area contributed by atoms with Crippen molar-refractivity contribution in [3.05, 3.63) is 60.7 Å². The summed E-state index contributed by atoms with van der Waals surface area (Å²) in [5.74, 6) is 0. The molecule has 1 fully saturated rings. The van der Waals surface area contributed by atoms with Gasteiger partial charge in [0.15, 0.2) is 0 Å². The molecule has 0 aromatic heterocycles. The lowest BCUT2D eigenvalue weighted by Gasteiger charge is -2.43. The van der Waals surface area contributed by atoms with E-state index in [1.165, 1.54) is 10.4 Å². The largest absolute Gasteiger partial charge is 0.405 e. The minimum absolute atomic E-state index is 0.0671. The van der Waals surface area contributed by atoms with Crippen molar-refractivity contribution in [3.63, 3.8) is 0 Å². The molecule has 1 aliphatic rings. The lowest BCUT2D eigenvalue weighted by Crippen LogP contribution is -2.67. The molecule has 2 aromatic carbocycles. The SMILES string of the molecule is CO[C@@H](CO[C@H]1CCC[C@@H](O)C1)CO[Si](c1ccccc1)(c1ccccc1)C(C)(C)C. The van der Waals surface area contributed by atoms with Crippen LogP contribution >= 0.6 is 0 Å². The first-order valence-electron chi connectivity index (χ1n) is 11.4. The van der Waals surface area contributed by atoms with Gasteiger partial charge in [-0.15, -0.1) is 0 Å². The van der Waals surface area contributed by atoms with Gasteiger partial charge in [0, 0.05) is 7.11 Å². The molecule has 4 nitrogen and oxygen atoms in total. The Hall–Kier alpha value is -1.50. The third-order valence-electron chi connectivity index (χ3n) is 6.35. The first-order chi connectivity index (χ1) is 14.9. The van der Waals surface area contributed by atoms with Crippen molar-refractivity contribution in [2.24, 2.45) is 0 Å². The molecule has 0 aliphatic heterocycles. The average Bonchev–Trinajstić information content (AvgIpc) is 2.77. The van der Waals surface area contributed by atoms with Crippen molar-refractivity contribution in [2.75, 3.05) is 20.3 Å². The fourth-order valence-corrected chi connectivity index (χ4v) is 9.27. The Morgan fingerprint density at radius 3 is 2.00 bits per heavy atom. The molecule has 0 unspecified atom stereocenters. The third kappa shape index (κ3) is 5.85. The number of hydrogen-bond acceptors (Lipinski definition) is 4. The van der Waals surface area contributed by atoms with Gasteiger partial charge < -0.3 is 19.0 Å². The number of ether oxygens (including phenoxy) is 2. The third-order valence-corrected chi connectivity index (χ3v) is 11.4. The van der Waals surface area contributed by atoms with Crippen molar-refractivity contribution < 1.29 is 19.0 Å². The molecule has 0 spiro atoms. The Morgan fingerprint density at radius 2 is 1.52 bits per heavy atom. The van der Waals surface area contributed by atoms with E-state index >= 15 is 0 Å². The minimum Gasteiger partial charge on any atom is -0.405 e. The van der Waals surface area contributed by atoms with E-state index in [0.717, 1.165) is 19.3 Å². The lowest BCUT2D eigenvalue weighted by atomic mass is 9.95. The van der Waals surface area contributed by atoms with Crippen LogP contribution in [0.5, 0.6) is 0 Å². The van der Waals surface area contributed by atoms with Gasteiger partial charge in [-0.05, 0) is 41.1 Å². The average molecular weight is 443 g/mol. The van der Waals surface area contributed by atoms with Crippen LogP contribution in [0.15, 0.2) is 60.7 Å². The Balaban J connectivity index is 1.81. The number of aliphatic hydroxyl groups excluding tert-OH is 1. The zero-order valence-electron chi connectivity index (χ0n) is 19.4. The molecule has 3 atom stereocenters. The van der Waals surface area contributed by atoms with Gasteiger partial charge in [0.1, 0.15) is 6.10 Å². The molecule has 170 valence electrons. The van der Waals surface area contributed by atoms with Gasteiger partial charge in [-0.2, -0.15) is 0 Å². The number of hydrogen-bond donors (Lipinski definition) is 1. The summed E-state index contributed by atoms with van der Waals surface area (Å²) >= 11 is 0. The summed E-state index contributed by atoms with van der Waals surface area (Å²) in [6.45, 7) is 7.79. The van der Waals surface area contributed by atoms with E-state index in [1.807, 2.05) is 0 Å². The van der Waals surface area contributed by atoms with Crippen molar-refractivity contribution in [2.45, 2.75) is 69.8 Å². The van der Waals surface area contributed by atoms with Crippen LogP contribution in [0.3, 0.4) is 0 Å². The number of methoxy groups -OCH3 is 1. The number of benzene rings is 2. The second kappa shape index (κ2) is 10.9. The topological polar surface area (TPSA) is 47.9 Å². The van der Waals surface area contributed by atoms with Crippen LogP contribution in [0.4, 0.5) is 0 Å². The fourth-order valence-electron chi connectivity index (χ4n) is 4.68. The highest BCUT2D eigenvalue weighted by atomic mass is 28.4. The molecule has 0 amide bonds. The van der Waals surface area contributed by atoms with Gasteiger partial charge in [-0.3, -0.25) is 0 Å². The van der Waals surface area contributed by atoms with E-state index in [0.29, 0.717) is 19.6 Å². The zero-order valence-corrected chi connectivity index (χ0v) is 20.4. The maximum Gasteiger partial charge on any atom is 0.261 e. The summed E-state index contributed by atoms with van der Waals surface area (Å²) in [4.78, 5) is 0. The highest BCUT2D eigenvalue weighted by Crippen LogP contribution is 2.37. The van der Waals surface area contributed by atoms with Crippen LogP contribution in [-0.2, 0) is 13.9 Å². The van der Waals surface area contributed by atoms with Gasteiger partial charge >= 0.3 is 0 Å². The maximum atomic E-state index is 9.92. The van der Waals surface area contributed by atoms with Crippen molar-refractivity contribution >= 4 is 18.7 Å². The first kappa shape index (κ1) is 24.1. The summed E-state index contributed by atoms with van der Waals surface area (Å²) < 4.78 is 18.8. The Kier molecular flexibility index (Phi) is 8.48. The fraction of sp³-hybridized carbons (Fsp3) is 0.538. The molecule has 1 saturated carbocycles. The van der Waals surface area contributed by atoms with Gasteiger partial charge in [-0.25, -0.2) is 0 Å². The van der Waals surface area contributed by atoms with E-state index in [1.54, 1.807) is 7.11 Å². The molecule has 0 radical (unpaired) electrons. The molecule has 1 aliphatic carbocycles. The standard InChI is InChI=1S/C26H38O4Si/c1-26(2,3)31(24-14-7-5-8-15-24,25-16-9-6-10-17-25)30-20-23(28-4)19-29-22-13-11-12-21(27)18-22/h5-10,14-17,21-23,27H,11-13,18-20H2,1-4H3/t21-,22+,23+/m1/s1. The molecule has 0 bridgehead atoms. The molecule has 0 saturated heterocycles. The summed E-state index contributed by atoms with van der Waals surface area (Å²) in [7, 11) is -0.863. The van der Waals surface area contributed by atoms with Crippen molar-refractivity contribution in [3.8, 4) is 0 Å². The van der Waals surface area contributed by atoms with Crippen molar-refractivity contribution in [1.29, 1.82) is 0 Å².